The van der Waals surface area contributed by atoms with E-state index in [1.807, 2.05) is 42.5 Å². The van der Waals surface area contributed by atoms with Gasteiger partial charge in [-0.3, -0.25) is 4.79 Å². The molecule has 9 nitrogen and oxygen atoms in total. The number of anilines is 4. The van der Waals surface area contributed by atoms with Crippen molar-refractivity contribution in [2.24, 2.45) is 16.0 Å². The lowest BCUT2D eigenvalue weighted by molar-refractivity contribution is 0.416. The molecule has 0 saturated heterocycles. The highest BCUT2D eigenvalue weighted by Gasteiger charge is 2.13. The highest BCUT2D eigenvalue weighted by molar-refractivity contribution is 7.80. The van der Waals surface area contributed by atoms with Crippen LogP contribution in [0.15, 0.2) is 69.6 Å². The number of hydrogen-bond acceptors (Lipinski definition) is 7. The standard InChI is InChI=1S/C20H20N6O3S/c1-28-16-9-5-3-7-12(16)22-14-11-15(25-26-20(21)30)19(27)24-18(14)23-13-8-4-6-10-17(13)29-2/h3-11,22H,1-2H3,(H2,21,30)(H2,23,24,27). The molecule has 154 valence electrons. The number of nitrogens with one attached hydrogen (secondary N) is 3. The highest BCUT2D eigenvalue weighted by Crippen LogP contribution is 2.34. The monoisotopic (exact) mass is 424 g/mol. The van der Waals surface area contributed by atoms with Crippen molar-refractivity contribution >= 4 is 45.9 Å². The van der Waals surface area contributed by atoms with E-state index in [2.05, 4.69) is 25.8 Å². The van der Waals surface area contributed by atoms with Crippen molar-refractivity contribution < 1.29 is 9.47 Å². The van der Waals surface area contributed by atoms with Crippen LogP contribution in [0.4, 0.5) is 28.6 Å². The van der Waals surface area contributed by atoms with Crippen LogP contribution in [-0.2, 0) is 0 Å². The predicted molar refractivity (Wildman–Crippen MR) is 121 cm³/mol. The fourth-order valence-electron chi connectivity index (χ4n) is 2.67. The van der Waals surface area contributed by atoms with Gasteiger partial charge in [0.1, 0.15) is 17.3 Å². The van der Waals surface area contributed by atoms with E-state index in [1.165, 1.54) is 6.07 Å². The van der Waals surface area contributed by atoms with Gasteiger partial charge in [-0.2, -0.15) is 0 Å². The highest BCUT2D eigenvalue weighted by atomic mass is 32.1. The first-order valence-corrected chi connectivity index (χ1v) is 9.21. The number of rotatable bonds is 7. The van der Waals surface area contributed by atoms with Gasteiger partial charge < -0.3 is 30.8 Å². The smallest absolute Gasteiger partial charge is 0.277 e. The molecular formula is C20H20N6O3S. The van der Waals surface area contributed by atoms with Gasteiger partial charge in [-0.25, -0.2) is 0 Å². The van der Waals surface area contributed by atoms with Gasteiger partial charge in [0.2, 0.25) is 5.11 Å². The van der Waals surface area contributed by atoms with Crippen molar-refractivity contribution in [3.63, 3.8) is 0 Å². The summed E-state index contributed by atoms with van der Waals surface area (Å²) >= 11 is 4.70. The summed E-state index contributed by atoms with van der Waals surface area (Å²) in [6.07, 6.45) is 0. The molecule has 30 heavy (non-hydrogen) atoms. The topological polar surface area (TPSA) is 126 Å². The van der Waals surface area contributed by atoms with E-state index in [1.54, 1.807) is 20.3 Å². The third-order valence-electron chi connectivity index (χ3n) is 4.02. The normalized spacial score (nSPS) is 10.6. The minimum atomic E-state index is -0.474. The van der Waals surface area contributed by atoms with E-state index in [9.17, 15) is 4.79 Å². The summed E-state index contributed by atoms with van der Waals surface area (Å²) in [4.78, 5) is 15.3. The Morgan fingerprint density at radius 3 is 2.10 bits per heavy atom. The lowest BCUT2D eigenvalue weighted by atomic mass is 10.2. The number of pyridine rings is 1. The fraction of sp³-hybridized carbons (Fsp3) is 0.100. The average Bonchev–Trinajstić information content (AvgIpc) is 2.75. The van der Waals surface area contributed by atoms with Crippen LogP contribution >= 0.6 is 12.2 Å². The summed E-state index contributed by atoms with van der Waals surface area (Å²) in [6.45, 7) is 0. The maximum Gasteiger partial charge on any atom is 0.277 e. The zero-order valence-electron chi connectivity index (χ0n) is 16.3. The van der Waals surface area contributed by atoms with Crippen LogP contribution in [0.2, 0.25) is 0 Å². The molecule has 5 N–H and O–H groups in total. The minimum Gasteiger partial charge on any atom is -0.495 e. The van der Waals surface area contributed by atoms with E-state index in [-0.39, 0.29) is 10.8 Å². The number of para-hydroxylation sites is 4. The Hall–Kier alpha value is -3.92. The maximum absolute atomic E-state index is 12.5. The van der Waals surface area contributed by atoms with Crippen LogP contribution in [0.25, 0.3) is 0 Å². The summed E-state index contributed by atoms with van der Waals surface area (Å²) in [5.74, 6) is 1.63. The molecule has 0 radical (unpaired) electrons. The first-order valence-electron chi connectivity index (χ1n) is 8.80. The number of aromatic amines is 1. The lowest BCUT2D eigenvalue weighted by Crippen LogP contribution is -2.11. The van der Waals surface area contributed by atoms with E-state index < -0.39 is 5.56 Å². The van der Waals surface area contributed by atoms with Crippen molar-refractivity contribution in [1.29, 1.82) is 0 Å². The van der Waals surface area contributed by atoms with Crippen LogP contribution in [0.1, 0.15) is 0 Å². The number of hydrogen-bond donors (Lipinski definition) is 4. The number of aromatic nitrogens is 1. The molecule has 1 aromatic heterocycles. The first kappa shape index (κ1) is 20.8. The second-order valence-corrected chi connectivity index (χ2v) is 6.38. The Labute approximate surface area is 177 Å². The van der Waals surface area contributed by atoms with Crippen LogP contribution in [0.5, 0.6) is 11.5 Å². The van der Waals surface area contributed by atoms with Gasteiger partial charge in [-0.05, 0) is 42.5 Å². The molecule has 0 spiro atoms. The Morgan fingerprint density at radius 1 is 0.967 bits per heavy atom. The van der Waals surface area contributed by atoms with Crippen molar-refractivity contribution in [2.45, 2.75) is 0 Å². The van der Waals surface area contributed by atoms with E-state index in [0.29, 0.717) is 34.4 Å². The van der Waals surface area contributed by atoms with Crippen molar-refractivity contribution in [1.82, 2.24) is 4.98 Å². The van der Waals surface area contributed by atoms with E-state index >= 15 is 0 Å². The number of thiocarbonyl (C=S) groups is 1. The zero-order chi connectivity index (χ0) is 21.5. The number of methoxy groups -OCH3 is 2. The van der Waals surface area contributed by atoms with Gasteiger partial charge in [0.25, 0.3) is 5.56 Å². The molecule has 3 rings (SSSR count). The maximum atomic E-state index is 12.5. The van der Waals surface area contributed by atoms with Gasteiger partial charge in [0.05, 0.1) is 31.3 Å². The van der Waals surface area contributed by atoms with Crippen LogP contribution < -0.4 is 31.4 Å². The number of benzene rings is 2. The van der Waals surface area contributed by atoms with Crippen LogP contribution in [0.3, 0.4) is 0 Å². The molecule has 0 atom stereocenters. The number of H-pyrrole nitrogens is 1. The zero-order valence-corrected chi connectivity index (χ0v) is 17.1. The van der Waals surface area contributed by atoms with E-state index in [4.69, 9.17) is 27.4 Å². The average molecular weight is 424 g/mol. The predicted octanol–water partition coefficient (Wildman–Crippen LogP) is 4.21. The molecule has 2 aromatic carbocycles. The Balaban J connectivity index is 2.09. The second kappa shape index (κ2) is 9.52. The first-order chi connectivity index (χ1) is 14.5. The molecule has 0 saturated carbocycles. The van der Waals surface area contributed by atoms with E-state index in [0.717, 1.165) is 0 Å². The number of nitrogens with zero attached hydrogens (tertiary/aromatic N) is 2. The number of nitrogens with two attached hydrogens (primary N) is 1. The molecule has 1 heterocycles. The molecule has 10 heteroatoms. The molecule has 0 aliphatic rings. The quantitative estimate of drug-likeness (QED) is 0.331. The van der Waals surface area contributed by atoms with Gasteiger partial charge in [-0.1, -0.05) is 24.3 Å². The van der Waals surface area contributed by atoms with Gasteiger partial charge >= 0.3 is 0 Å². The Bertz CT molecular complexity index is 1150. The molecule has 0 amide bonds. The fourth-order valence-corrected chi connectivity index (χ4v) is 2.71. The van der Waals surface area contributed by atoms with Crippen molar-refractivity contribution in [3.05, 3.63) is 65.0 Å². The van der Waals surface area contributed by atoms with Gasteiger partial charge in [-0.15, -0.1) is 10.2 Å². The molecule has 0 aliphatic heterocycles. The summed E-state index contributed by atoms with van der Waals surface area (Å²) < 4.78 is 10.8. The molecule has 0 bridgehead atoms. The molecule has 0 fully saturated rings. The van der Waals surface area contributed by atoms with Crippen molar-refractivity contribution in [2.75, 3.05) is 24.9 Å². The molecule has 0 aliphatic carbocycles. The summed E-state index contributed by atoms with van der Waals surface area (Å²) in [6, 6.07) is 16.2. The van der Waals surface area contributed by atoms with Crippen LogP contribution in [-0.4, -0.2) is 24.3 Å². The summed E-state index contributed by atoms with van der Waals surface area (Å²) in [7, 11) is 3.14. The third-order valence-corrected chi connectivity index (χ3v) is 4.10. The van der Waals surface area contributed by atoms with Gasteiger partial charge in [0.15, 0.2) is 5.69 Å². The second-order valence-electron chi connectivity index (χ2n) is 5.96. The minimum absolute atomic E-state index is 0.0331. The number of azo groups is 1. The SMILES string of the molecule is COc1ccccc1Nc1cc(N=NC(N)=S)c(=O)[nH]c1Nc1ccccc1OC. The largest absolute Gasteiger partial charge is 0.495 e. The Kier molecular flexibility index (Phi) is 6.60. The summed E-state index contributed by atoms with van der Waals surface area (Å²) in [5.41, 5.74) is 6.78. The molecular weight excluding hydrogens is 404 g/mol. The third kappa shape index (κ3) is 4.92. The van der Waals surface area contributed by atoms with Crippen molar-refractivity contribution in [3.8, 4) is 11.5 Å². The van der Waals surface area contributed by atoms with Crippen LogP contribution in [0, 0.1) is 0 Å². The molecule has 3 aromatic rings. The van der Waals surface area contributed by atoms with Gasteiger partial charge in [0, 0.05) is 0 Å². The molecule has 0 unspecified atom stereocenters. The number of ether oxygens (including phenoxy) is 2. The Morgan fingerprint density at radius 2 is 1.53 bits per heavy atom. The lowest BCUT2D eigenvalue weighted by Gasteiger charge is -2.17. The summed E-state index contributed by atoms with van der Waals surface area (Å²) in [5, 5.41) is 13.7.